The number of nitrogens with one attached hydrogen (secondary N) is 2. The van der Waals surface area contributed by atoms with Crippen LogP contribution in [0.25, 0.3) is 10.9 Å². The van der Waals surface area contributed by atoms with Gasteiger partial charge in [-0.15, -0.1) is 10.2 Å². The molecular weight excluding hydrogens is 314 g/mol. The molecule has 0 saturated heterocycles. The number of rotatable bonds is 3. The first kappa shape index (κ1) is 13.6. The molecule has 0 fully saturated rings. The van der Waals surface area contributed by atoms with Gasteiger partial charge in [-0.2, -0.15) is 5.10 Å². The van der Waals surface area contributed by atoms with E-state index in [1.807, 2.05) is 6.07 Å². The fourth-order valence-electron chi connectivity index (χ4n) is 1.70. The highest BCUT2D eigenvalue weighted by atomic mass is 32.2. The smallest absolute Gasteiger partial charge is 0.278 e. The predicted molar refractivity (Wildman–Crippen MR) is 77.1 cm³/mol. The van der Waals surface area contributed by atoms with E-state index in [1.165, 1.54) is 0 Å². The second kappa shape index (κ2) is 4.90. The third-order valence-electron chi connectivity index (χ3n) is 2.63. The van der Waals surface area contributed by atoms with Crippen molar-refractivity contribution in [2.75, 3.05) is 11.6 Å². The van der Waals surface area contributed by atoms with Gasteiger partial charge in [-0.05, 0) is 6.07 Å². The van der Waals surface area contributed by atoms with Crippen molar-refractivity contribution < 1.29 is 13.2 Å². The van der Waals surface area contributed by atoms with Crippen molar-refractivity contribution in [1.29, 1.82) is 0 Å². The molecule has 2 aromatic heterocycles. The summed E-state index contributed by atoms with van der Waals surface area (Å²) in [7, 11) is -3.43. The SMILES string of the molecule is CS(=O)(=O)c1nnc(NC(=O)c2n[nH]c3ccccc23)s1. The maximum absolute atomic E-state index is 12.1. The van der Waals surface area contributed by atoms with Crippen molar-refractivity contribution in [3.05, 3.63) is 30.0 Å². The van der Waals surface area contributed by atoms with Gasteiger partial charge in [-0.1, -0.05) is 29.5 Å². The Balaban J connectivity index is 1.88. The van der Waals surface area contributed by atoms with Crippen molar-refractivity contribution >= 4 is 43.1 Å². The van der Waals surface area contributed by atoms with Gasteiger partial charge in [0.15, 0.2) is 5.69 Å². The summed E-state index contributed by atoms with van der Waals surface area (Å²) in [5, 5.41) is 17.1. The van der Waals surface area contributed by atoms with Crippen LogP contribution in [0.15, 0.2) is 28.6 Å². The van der Waals surface area contributed by atoms with Gasteiger partial charge < -0.3 is 0 Å². The standard InChI is InChI=1S/C11H9N5O3S2/c1-21(18,19)11-16-15-10(20-11)12-9(17)8-6-4-2-3-5-7(6)13-14-8/h2-5H,1H3,(H,13,14)(H,12,15,17). The van der Waals surface area contributed by atoms with Gasteiger partial charge in [-0.25, -0.2) is 8.42 Å². The minimum Gasteiger partial charge on any atom is -0.295 e. The molecule has 2 heterocycles. The average molecular weight is 323 g/mol. The van der Waals surface area contributed by atoms with Crippen LogP contribution in [0.4, 0.5) is 5.13 Å². The van der Waals surface area contributed by atoms with Crippen LogP contribution >= 0.6 is 11.3 Å². The summed E-state index contributed by atoms with van der Waals surface area (Å²) in [4.78, 5) is 12.1. The van der Waals surface area contributed by atoms with Crippen LogP contribution in [0.2, 0.25) is 0 Å². The molecule has 21 heavy (non-hydrogen) atoms. The predicted octanol–water partition coefficient (Wildman–Crippen LogP) is 1.07. The highest BCUT2D eigenvalue weighted by Gasteiger charge is 2.18. The number of hydrogen-bond donors (Lipinski definition) is 2. The van der Waals surface area contributed by atoms with Crippen LogP contribution in [-0.2, 0) is 9.84 Å². The van der Waals surface area contributed by atoms with Crippen molar-refractivity contribution in [1.82, 2.24) is 20.4 Å². The van der Waals surface area contributed by atoms with Crippen LogP contribution in [0.3, 0.4) is 0 Å². The van der Waals surface area contributed by atoms with E-state index in [0.717, 1.165) is 23.1 Å². The summed E-state index contributed by atoms with van der Waals surface area (Å²) >= 11 is 0.791. The molecule has 1 aromatic carbocycles. The maximum atomic E-state index is 12.1. The van der Waals surface area contributed by atoms with Gasteiger partial charge >= 0.3 is 0 Å². The fraction of sp³-hybridized carbons (Fsp3) is 0.0909. The van der Waals surface area contributed by atoms with Crippen molar-refractivity contribution in [3.8, 4) is 0 Å². The first-order valence-corrected chi connectivity index (χ1v) is 8.44. The summed E-state index contributed by atoms with van der Waals surface area (Å²) in [6.07, 6.45) is 1.03. The van der Waals surface area contributed by atoms with Gasteiger partial charge in [0.05, 0.1) is 5.52 Å². The molecule has 8 nitrogen and oxygen atoms in total. The van der Waals surface area contributed by atoms with Crippen LogP contribution in [-0.4, -0.2) is 41.0 Å². The average Bonchev–Trinajstić information content (AvgIpc) is 3.03. The normalized spacial score (nSPS) is 11.7. The number of benzene rings is 1. The molecule has 0 atom stereocenters. The Morgan fingerprint density at radius 3 is 2.76 bits per heavy atom. The van der Waals surface area contributed by atoms with E-state index in [4.69, 9.17) is 0 Å². The summed E-state index contributed by atoms with van der Waals surface area (Å²) in [5.41, 5.74) is 0.943. The van der Waals surface area contributed by atoms with Gasteiger partial charge in [0.1, 0.15) is 0 Å². The number of H-pyrrole nitrogens is 1. The number of anilines is 1. The van der Waals surface area contributed by atoms with Crippen LogP contribution in [0, 0.1) is 0 Å². The Bertz CT molecular complexity index is 928. The van der Waals surface area contributed by atoms with E-state index in [9.17, 15) is 13.2 Å². The van der Waals surface area contributed by atoms with Crippen molar-refractivity contribution in [2.45, 2.75) is 4.34 Å². The molecule has 3 aromatic rings. The summed E-state index contributed by atoms with van der Waals surface area (Å²) in [5.74, 6) is -0.483. The minimum atomic E-state index is -3.43. The fourth-order valence-corrected chi connectivity index (χ4v) is 3.21. The van der Waals surface area contributed by atoms with Crippen molar-refractivity contribution in [3.63, 3.8) is 0 Å². The molecule has 0 aliphatic rings. The number of aromatic nitrogens is 4. The van der Waals surface area contributed by atoms with Crippen LogP contribution < -0.4 is 5.32 Å². The zero-order valence-electron chi connectivity index (χ0n) is 10.7. The Morgan fingerprint density at radius 2 is 2.05 bits per heavy atom. The number of para-hydroxylation sites is 1. The second-order valence-corrected chi connectivity index (χ2v) is 7.38. The number of carbonyl (C=O) groups is 1. The number of aromatic amines is 1. The zero-order chi connectivity index (χ0) is 15.0. The van der Waals surface area contributed by atoms with Crippen molar-refractivity contribution in [2.24, 2.45) is 0 Å². The molecule has 2 N–H and O–H groups in total. The Kier molecular flexibility index (Phi) is 3.18. The monoisotopic (exact) mass is 323 g/mol. The van der Waals surface area contributed by atoms with Crippen LogP contribution in [0.1, 0.15) is 10.5 Å². The molecule has 0 aliphatic carbocycles. The van der Waals surface area contributed by atoms with E-state index < -0.39 is 15.7 Å². The highest BCUT2D eigenvalue weighted by Crippen LogP contribution is 2.21. The third kappa shape index (κ3) is 2.62. The van der Waals surface area contributed by atoms with E-state index in [-0.39, 0.29) is 15.2 Å². The number of nitrogens with zero attached hydrogens (tertiary/aromatic N) is 3. The molecule has 0 unspecified atom stereocenters. The Hall–Kier alpha value is -2.33. The van der Waals surface area contributed by atoms with Gasteiger partial charge in [-0.3, -0.25) is 15.2 Å². The Morgan fingerprint density at radius 1 is 1.29 bits per heavy atom. The van der Waals surface area contributed by atoms with Gasteiger partial charge in [0.25, 0.3) is 5.91 Å². The molecule has 10 heteroatoms. The number of carbonyl (C=O) groups excluding carboxylic acids is 1. The van der Waals surface area contributed by atoms with Gasteiger partial charge in [0.2, 0.25) is 19.3 Å². The number of hydrogen-bond acceptors (Lipinski definition) is 7. The molecule has 0 aliphatic heterocycles. The molecule has 0 radical (unpaired) electrons. The maximum Gasteiger partial charge on any atom is 0.278 e. The summed E-state index contributed by atoms with van der Waals surface area (Å²) in [6.45, 7) is 0. The van der Waals surface area contributed by atoms with E-state index in [0.29, 0.717) is 5.39 Å². The molecule has 3 rings (SSSR count). The number of fused-ring (bicyclic) bond motifs is 1. The van der Waals surface area contributed by atoms with Crippen LogP contribution in [0.5, 0.6) is 0 Å². The number of amides is 1. The second-order valence-electron chi connectivity index (χ2n) is 4.22. The molecule has 1 amide bonds. The van der Waals surface area contributed by atoms with E-state index in [2.05, 4.69) is 25.7 Å². The lowest BCUT2D eigenvalue weighted by molar-refractivity contribution is 0.102. The third-order valence-corrected chi connectivity index (χ3v) is 5.14. The topological polar surface area (TPSA) is 118 Å². The lowest BCUT2D eigenvalue weighted by atomic mass is 10.2. The lowest BCUT2D eigenvalue weighted by Crippen LogP contribution is -2.12. The minimum absolute atomic E-state index is 0.104. The summed E-state index contributed by atoms with van der Waals surface area (Å²) in [6, 6.07) is 7.17. The lowest BCUT2D eigenvalue weighted by Gasteiger charge is -1.97. The van der Waals surface area contributed by atoms with Gasteiger partial charge in [0, 0.05) is 11.6 Å². The Labute approximate surface area is 123 Å². The van der Waals surface area contributed by atoms with E-state index in [1.54, 1.807) is 18.2 Å². The molecule has 0 bridgehead atoms. The quantitative estimate of drug-likeness (QED) is 0.696. The van der Waals surface area contributed by atoms with E-state index >= 15 is 0 Å². The highest BCUT2D eigenvalue weighted by molar-refractivity contribution is 7.92. The summed E-state index contributed by atoms with van der Waals surface area (Å²) < 4.78 is 22.5. The largest absolute Gasteiger partial charge is 0.295 e. The molecule has 0 saturated carbocycles. The molecular formula is C11H9N5O3S2. The molecule has 108 valence electrons. The molecule has 0 spiro atoms. The first-order chi connectivity index (χ1) is 9.95. The zero-order valence-corrected chi connectivity index (χ0v) is 12.3. The number of sulfone groups is 1. The first-order valence-electron chi connectivity index (χ1n) is 5.73.